The van der Waals surface area contributed by atoms with Crippen LogP contribution in [0, 0.1) is 6.92 Å². The lowest BCUT2D eigenvalue weighted by Gasteiger charge is -2.37. The van der Waals surface area contributed by atoms with E-state index in [1.807, 2.05) is 0 Å². The fourth-order valence-electron chi connectivity index (χ4n) is 2.76. The summed E-state index contributed by atoms with van der Waals surface area (Å²) in [6.45, 7) is 5.74. The maximum absolute atomic E-state index is 11.3. The molecule has 22 heavy (non-hydrogen) atoms. The molecule has 0 bridgehead atoms. The van der Waals surface area contributed by atoms with Crippen LogP contribution in [0.4, 0.5) is 11.5 Å². The zero-order valence-corrected chi connectivity index (χ0v) is 12.7. The van der Waals surface area contributed by atoms with E-state index < -0.39 is 5.91 Å². The number of benzene rings is 1. The average molecular weight is 296 g/mol. The Bertz CT molecular complexity index is 678. The van der Waals surface area contributed by atoms with Crippen LogP contribution in [-0.2, 0) is 0 Å². The van der Waals surface area contributed by atoms with Gasteiger partial charge in [0.15, 0.2) is 0 Å². The molecule has 3 rings (SSSR count). The molecule has 1 aromatic carbocycles. The van der Waals surface area contributed by atoms with Crippen LogP contribution in [0.15, 0.2) is 42.6 Å². The molecule has 114 valence electrons. The topological polar surface area (TPSA) is 62.5 Å². The van der Waals surface area contributed by atoms with Gasteiger partial charge in [0.2, 0.25) is 5.91 Å². The van der Waals surface area contributed by atoms with Gasteiger partial charge in [-0.1, -0.05) is 12.1 Å². The predicted octanol–water partition coefficient (Wildman–Crippen LogP) is 1.82. The van der Waals surface area contributed by atoms with Gasteiger partial charge in [0.1, 0.15) is 5.82 Å². The number of aryl methyl sites for hydroxylation is 1. The Morgan fingerprint density at radius 3 is 2.50 bits per heavy atom. The second-order valence-corrected chi connectivity index (χ2v) is 5.58. The van der Waals surface area contributed by atoms with Gasteiger partial charge in [-0.15, -0.1) is 0 Å². The lowest BCUT2D eigenvalue weighted by Crippen LogP contribution is -2.46. The lowest BCUT2D eigenvalue weighted by atomic mass is 10.2. The molecule has 0 spiro atoms. The zero-order valence-electron chi connectivity index (χ0n) is 12.7. The van der Waals surface area contributed by atoms with Gasteiger partial charge in [0.25, 0.3) is 0 Å². The van der Waals surface area contributed by atoms with Crippen LogP contribution in [0.1, 0.15) is 15.9 Å². The maximum Gasteiger partial charge on any atom is 0.248 e. The normalized spacial score (nSPS) is 15.0. The predicted molar refractivity (Wildman–Crippen MR) is 88.4 cm³/mol. The van der Waals surface area contributed by atoms with Gasteiger partial charge in [-0.3, -0.25) is 4.79 Å². The van der Waals surface area contributed by atoms with Crippen LogP contribution >= 0.6 is 0 Å². The van der Waals surface area contributed by atoms with Crippen molar-refractivity contribution in [3.8, 4) is 0 Å². The van der Waals surface area contributed by atoms with E-state index in [-0.39, 0.29) is 0 Å². The Balaban J connectivity index is 1.69. The number of amides is 1. The molecule has 1 aliphatic rings. The van der Waals surface area contributed by atoms with Gasteiger partial charge in [0, 0.05) is 43.6 Å². The quantitative estimate of drug-likeness (QED) is 0.938. The summed E-state index contributed by atoms with van der Waals surface area (Å²) in [4.78, 5) is 20.2. The third-order valence-electron chi connectivity index (χ3n) is 4.00. The van der Waals surface area contributed by atoms with Crippen LogP contribution in [-0.4, -0.2) is 37.1 Å². The van der Waals surface area contributed by atoms with Crippen LogP contribution in [0.25, 0.3) is 0 Å². The summed E-state index contributed by atoms with van der Waals surface area (Å²) in [6, 6.07) is 12.0. The molecule has 1 saturated heterocycles. The van der Waals surface area contributed by atoms with E-state index in [9.17, 15) is 4.79 Å². The third-order valence-corrected chi connectivity index (χ3v) is 4.00. The van der Waals surface area contributed by atoms with Gasteiger partial charge < -0.3 is 15.5 Å². The maximum atomic E-state index is 11.3. The summed E-state index contributed by atoms with van der Waals surface area (Å²) in [6.07, 6.45) is 1.64. The van der Waals surface area contributed by atoms with E-state index in [4.69, 9.17) is 5.73 Å². The van der Waals surface area contributed by atoms with Gasteiger partial charge in [-0.25, -0.2) is 4.98 Å². The first-order chi connectivity index (χ1) is 10.6. The van der Waals surface area contributed by atoms with Crippen molar-refractivity contribution in [2.45, 2.75) is 6.92 Å². The number of primary amides is 1. The van der Waals surface area contributed by atoms with E-state index in [1.165, 1.54) is 11.3 Å². The van der Waals surface area contributed by atoms with Crippen LogP contribution in [0.3, 0.4) is 0 Å². The molecule has 1 fully saturated rings. The molecule has 0 atom stereocenters. The first-order valence-corrected chi connectivity index (χ1v) is 7.46. The Kier molecular flexibility index (Phi) is 3.96. The average Bonchev–Trinajstić information content (AvgIpc) is 2.55. The van der Waals surface area contributed by atoms with Crippen LogP contribution < -0.4 is 15.5 Å². The second-order valence-electron chi connectivity index (χ2n) is 5.58. The molecule has 0 radical (unpaired) electrons. The Morgan fingerprint density at radius 1 is 1.09 bits per heavy atom. The Hall–Kier alpha value is -2.56. The van der Waals surface area contributed by atoms with Crippen LogP contribution in [0.2, 0.25) is 0 Å². The number of aromatic nitrogens is 1. The molecule has 5 heteroatoms. The van der Waals surface area contributed by atoms with Crippen molar-refractivity contribution in [3.05, 3.63) is 53.7 Å². The molecule has 0 aliphatic carbocycles. The number of hydrogen-bond acceptors (Lipinski definition) is 4. The summed E-state index contributed by atoms with van der Waals surface area (Å²) in [5.74, 6) is 0.405. The molecule has 0 unspecified atom stereocenters. The molecule has 2 heterocycles. The van der Waals surface area contributed by atoms with Gasteiger partial charge in [-0.05, 0) is 36.8 Å². The molecule has 0 saturated carbocycles. The van der Waals surface area contributed by atoms with Crippen molar-refractivity contribution in [1.82, 2.24) is 4.98 Å². The fourth-order valence-corrected chi connectivity index (χ4v) is 2.76. The lowest BCUT2D eigenvalue weighted by molar-refractivity contribution is 0.1000. The Labute approximate surface area is 130 Å². The van der Waals surface area contributed by atoms with E-state index in [0.717, 1.165) is 32.0 Å². The highest BCUT2D eigenvalue weighted by Crippen LogP contribution is 2.20. The van der Waals surface area contributed by atoms with E-state index in [0.29, 0.717) is 5.56 Å². The van der Waals surface area contributed by atoms with Crippen molar-refractivity contribution in [1.29, 1.82) is 0 Å². The van der Waals surface area contributed by atoms with Crippen molar-refractivity contribution in [3.63, 3.8) is 0 Å². The molecule has 2 N–H and O–H groups in total. The highest BCUT2D eigenvalue weighted by atomic mass is 16.1. The van der Waals surface area contributed by atoms with Gasteiger partial charge in [-0.2, -0.15) is 0 Å². The highest BCUT2D eigenvalue weighted by molar-refractivity contribution is 5.93. The number of anilines is 2. The first-order valence-electron chi connectivity index (χ1n) is 7.46. The van der Waals surface area contributed by atoms with Crippen molar-refractivity contribution < 1.29 is 4.79 Å². The second kappa shape index (κ2) is 6.05. The molecular formula is C17H20N4O. The summed E-state index contributed by atoms with van der Waals surface area (Å²) in [7, 11) is 0. The largest absolute Gasteiger partial charge is 0.368 e. The summed E-state index contributed by atoms with van der Waals surface area (Å²) < 4.78 is 0. The number of pyridine rings is 1. The summed E-state index contributed by atoms with van der Waals surface area (Å²) in [5, 5.41) is 0. The zero-order chi connectivity index (χ0) is 15.5. The fraction of sp³-hybridized carbons (Fsp3) is 0.294. The molecule has 5 nitrogen and oxygen atoms in total. The number of carbonyl (C=O) groups excluding carboxylic acids is 1. The number of piperazine rings is 1. The van der Waals surface area contributed by atoms with E-state index in [1.54, 1.807) is 18.3 Å². The minimum atomic E-state index is -0.415. The number of nitrogens with zero attached hydrogens (tertiary/aromatic N) is 3. The number of rotatable bonds is 3. The van der Waals surface area contributed by atoms with Crippen molar-refractivity contribution in [2.24, 2.45) is 5.73 Å². The van der Waals surface area contributed by atoms with E-state index >= 15 is 0 Å². The van der Waals surface area contributed by atoms with Crippen molar-refractivity contribution >= 4 is 17.4 Å². The minimum Gasteiger partial charge on any atom is -0.368 e. The third kappa shape index (κ3) is 3.03. The molecule has 2 aromatic rings. The monoisotopic (exact) mass is 296 g/mol. The minimum absolute atomic E-state index is 0.415. The van der Waals surface area contributed by atoms with Crippen LogP contribution in [0.5, 0.6) is 0 Å². The van der Waals surface area contributed by atoms with Gasteiger partial charge in [0.05, 0.1) is 0 Å². The molecule has 1 amide bonds. The first kappa shape index (κ1) is 14.4. The molecular weight excluding hydrogens is 276 g/mol. The highest BCUT2D eigenvalue weighted by Gasteiger charge is 2.19. The summed E-state index contributed by atoms with van der Waals surface area (Å²) in [5.41, 5.74) is 8.37. The number of hydrogen-bond donors (Lipinski definition) is 1. The summed E-state index contributed by atoms with van der Waals surface area (Å²) >= 11 is 0. The smallest absolute Gasteiger partial charge is 0.248 e. The number of nitrogens with two attached hydrogens (primary N) is 1. The van der Waals surface area contributed by atoms with Gasteiger partial charge >= 0.3 is 0 Å². The number of carbonyl (C=O) groups is 1. The van der Waals surface area contributed by atoms with E-state index in [2.05, 4.69) is 46.0 Å². The standard InChI is InChI=1S/C17H20N4O/c1-13-3-2-4-15(11-13)20-7-9-21(10-8-20)16-12-14(17(18)22)5-6-19-16/h2-6,11-12H,7-10H2,1H3,(H2,18,22). The SMILES string of the molecule is Cc1cccc(N2CCN(c3cc(C(N)=O)ccn3)CC2)c1. The van der Waals surface area contributed by atoms with Crippen molar-refractivity contribution in [2.75, 3.05) is 36.0 Å². The Morgan fingerprint density at radius 2 is 1.82 bits per heavy atom. The molecule has 1 aliphatic heterocycles. The molecule has 1 aromatic heterocycles.